The van der Waals surface area contributed by atoms with Crippen molar-refractivity contribution in [1.82, 2.24) is 9.97 Å². The number of aromatic nitrogens is 2. The Kier molecular flexibility index (Phi) is 1.90. The summed E-state index contributed by atoms with van der Waals surface area (Å²) in [5, 5.41) is 0. The van der Waals surface area contributed by atoms with Crippen molar-refractivity contribution < 1.29 is 4.74 Å². The first-order valence-corrected chi connectivity index (χ1v) is 6.52. The van der Waals surface area contributed by atoms with Crippen LogP contribution in [0, 0.1) is 0 Å². The fourth-order valence-electron chi connectivity index (χ4n) is 1.28. The molecule has 0 unspecified atom stereocenters. The zero-order valence-corrected chi connectivity index (χ0v) is 9.51. The number of hydrogen-bond acceptors (Lipinski definition) is 3. The Labute approximate surface area is 91.2 Å². The number of fused-ring (bicyclic) bond motifs is 2. The third kappa shape index (κ3) is 1.28. The van der Waals surface area contributed by atoms with Gasteiger partial charge in [-0.05, 0) is 0 Å². The average molecular weight is 298 g/mol. The van der Waals surface area contributed by atoms with E-state index in [1.54, 1.807) is 12.4 Å². The van der Waals surface area contributed by atoms with E-state index in [2.05, 4.69) is 16.0 Å². The van der Waals surface area contributed by atoms with Gasteiger partial charge in [0.15, 0.2) is 0 Å². The Morgan fingerprint density at radius 2 is 1.93 bits per heavy atom. The first kappa shape index (κ1) is 8.22. The number of para-hydroxylation sites is 1. The summed E-state index contributed by atoms with van der Waals surface area (Å²) in [5.74, 6) is 1.64. The molecule has 0 atom stereocenters. The summed E-state index contributed by atoms with van der Waals surface area (Å²) in [6.07, 6.45) is 3.39. The predicted octanol–water partition coefficient (Wildman–Crippen LogP) is 0.237. The fourth-order valence-corrected chi connectivity index (χ4v) is 3.74. The van der Waals surface area contributed by atoms with Crippen LogP contribution >= 0.6 is 0 Å². The van der Waals surface area contributed by atoms with E-state index in [-0.39, 0.29) is 0 Å². The Morgan fingerprint density at radius 3 is 2.93 bits per heavy atom. The maximum absolute atomic E-state index is 5.64. The SMILES string of the molecule is c1ccc2c(c1)Oc1nccnc1[Te]2. The molecule has 14 heavy (non-hydrogen) atoms. The number of hydrogen-bond donors (Lipinski definition) is 0. The van der Waals surface area contributed by atoms with Gasteiger partial charge >= 0.3 is 91.3 Å². The Balaban J connectivity index is 2.12. The Bertz CT molecular complexity index is 400. The minimum absolute atomic E-state index is 0.410. The van der Waals surface area contributed by atoms with E-state index in [1.807, 2.05) is 18.2 Å². The number of benzene rings is 1. The molecule has 1 aliphatic heterocycles. The van der Waals surface area contributed by atoms with E-state index >= 15 is 0 Å². The van der Waals surface area contributed by atoms with Gasteiger partial charge in [0.2, 0.25) is 0 Å². The Hall–Kier alpha value is -1.11. The van der Waals surface area contributed by atoms with Crippen LogP contribution in [0.2, 0.25) is 0 Å². The van der Waals surface area contributed by atoms with Crippen molar-refractivity contribution in [2.45, 2.75) is 0 Å². The summed E-state index contributed by atoms with van der Waals surface area (Å²) < 4.78 is 7.97. The normalized spacial score (nSPS) is 12.6. The van der Waals surface area contributed by atoms with Crippen molar-refractivity contribution >= 4 is 28.3 Å². The first-order chi connectivity index (χ1) is 6.93. The quantitative estimate of drug-likeness (QED) is 0.558. The van der Waals surface area contributed by atoms with Crippen molar-refractivity contribution in [2.24, 2.45) is 0 Å². The molecule has 0 spiro atoms. The molecule has 2 heterocycles. The molecule has 0 saturated heterocycles. The van der Waals surface area contributed by atoms with Gasteiger partial charge in [-0.15, -0.1) is 0 Å². The van der Waals surface area contributed by atoms with Crippen molar-refractivity contribution in [3.63, 3.8) is 0 Å². The van der Waals surface area contributed by atoms with Crippen LogP contribution in [0.15, 0.2) is 36.7 Å². The van der Waals surface area contributed by atoms with Gasteiger partial charge in [-0.3, -0.25) is 0 Å². The molecular formula is C10H6N2OTe. The number of rotatable bonds is 0. The zero-order chi connectivity index (χ0) is 9.38. The van der Waals surface area contributed by atoms with Crippen molar-refractivity contribution in [2.75, 3.05) is 0 Å². The monoisotopic (exact) mass is 300 g/mol. The van der Waals surface area contributed by atoms with Gasteiger partial charge < -0.3 is 0 Å². The maximum atomic E-state index is 5.64. The molecule has 3 rings (SSSR count). The molecule has 68 valence electrons. The van der Waals surface area contributed by atoms with Crippen LogP contribution in [0.5, 0.6) is 11.6 Å². The second-order valence-electron chi connectivity index (χ2n) is 2.82. The molecule has 0 saturated carbocycles. The minimum atomic E-state index is -0.410. The van der Waals surface area contributed by atoms with Gasteiger partial charge in [0.05, 0.1) is 0 Å². The van der Waals surface area contributed by atoms with E-state index in [1.165, 1.54) is 3.61 Å². The van der Waals surface area contributed by atoms with E-state index in [0.29, 0.717) is 5.88 Å². The van der Waals surface area contributed by atoms with E-state index < -0.39 is 20.9 Å². The van der Waals surface area contributed by atoms with E-state index in [0.717, 1.165) is 9.49 Å². The summed E-state index contributed by atoms with van der Waals surface area (Å²) >= 11 is -0.410. The molecule has 0 aliphatic carbocycles. The van der Waals surface area contributed by atoms with Gasteiger partial charge in [0, 0.05) is 0 Å². The van der Waals surface area contributed by atoms with Crippen molar-refractivity contribution in [3.05, 3.63) is 36.7 Å². The third-order valence-electron chi connectivity index (χ3n) is 1.90. The van der Waals surface area contributed by atoms with Gasteiger partial charge in [-0.2, -0.15) is 0 Å². The summed E-state index contributed by atoms with van der Waals surface area (Å²) in [6.45, 7) is 0. The molecular weight excluding hydrogens is 292 g/mol. The molecule has 4 heteroatoms. The second kappa shape index (κ2) is 3.23. The molecule has 0 N–H and O–H groups in total. The Morgan fingerprint density at radius 1 is 1.07 bits per heavy atom. The van der Waals surface area contributed by atoms with Crippen LogP contribution in [-0.4, -0.2) is 30.9 Å². The van der Waals surface area contributed by atoms with E-state index in [9.17, 15) is 0 Å². The van der Waals surface area contributed by atoms with Gasteiger partial charge in [0.25, 0.3) is 0 Å². The number of ether oxygens (including phenoxy) is 1. The average Bonchev–Trinajstić information content (AvgIpc) is 2.26. The topological polar surface area (TPSA) is 35.0 Å². The second-order valence-corrected chi connectivity index (χ2v) is 5.76. The summed E-state index contributed by atoms with van der Waals surface area (Å²) in [6, 6.07) is 8.11. The molecule has 0 bridgehead atoms. The standard InChI is InChI=1S/C10H6N2OTe/c1-2-4-8-7(3-1)13-9-10(14-8)12-6-5-11-9/h1-6H. The van der Waals surface area contributed by atoms with Gasteiger partial charge in [-0.1, -0.05) is 0 Å². The summed E-state index contributed by atoms with van der Waals surface area (Å²) in [7, 11) is 0. The molecule has 0 fully saturated rings. The molecule has 0 radical (unpaired) electrons. The molecule has 3 nitrogen and oxygen atoms in total. The van der Waals surface area contributed by atoms with Crippen LogP contribution in [-0.2, 0) is 0 Å². The van der Waals surface area contributed by atoms with Crippen LogP contribution in [0.1, 0.15) is 0 Å². The molecule has 2 aromatic rings. The molecule has 1 aromatic carbocycles. The molecule has 1 aromatic heterocycles. The van der Waals surface area contributed by atoms with Crippen LogP contribution in [0.4, 0.5) is 0 Å². The summed E-state index contributed by atoms with van der Waals surface area (Å²) in [5.41, 5.74) is 0. The van der Waals surface area contributed by atoms with Crippen LogP contribution < -0.4 is 12.1 Å². The number of nitrogens with zero attached hydrogens (tertiary/aromatic N) is 2. The molecule has 0 amide bonds. The van der Waals surface area contributed by atoms with Crippen molar-refractivity contribution in [1.29, 1.82) is 0 Å². The fraction of sp³-hybridized carbons (Fsp3) is 0. The van der Waals surface area contributed by atoms with Gasteiger partial charge in [-0.25, -0.2) is 0 Å². The van der Waals surface area contributed by atoms with Gasteiger partial charge in [0.1, 0.15) is 0 Å². The van der Waals surface area contributed by atoms with Crippen molar-refractivity contribution in [3.8, 4) is 11.6 Å². The van der Waals surface area contributed by atoms with Crippen LogP contribution in [0.3, 0.4) is 0 Å². The van der Waals surface area contributed by atoms with E-state index in [4.69, 9.17) is 4.74 Å². The van der Waals surface area contributed by atoms with Crippen LogP contribution in [0.25, 0.3) is 0 Å². The molecule has 1 aliphatic rings. The zero-order valence-electron chi connectivity index (χ0n) is 7.18. The first-order valence-electron chi connectivity index (χ1n) is 4.19. The predicted molar refractivity (Wildman–Crippen MR) is 53.6 cm³/mol. The third-order valence-corrected chi connectivity index (χ3v) is 4.84. The summed E-state index contributed by atoms with van der Waals surface area (Å²) in [4.78, 5) is 8.45.